The van der Waals surface area contributed by atoms with Gasteiger partial charge in [-0.15, -0.1) is 6.58 Å². The van der Waals surface area contributed by atoms with Crippen LogP contribution in [0.5, 0.6) is 5.75 Å². The van der Waals surface area contributed by atoms with Gasteiger partial charge in [-0.05, 0) is 48.8 Å². The van der Waals surface area contributed by atoms with E-state index < -0.39 is 0 Å². The molecule has 1 aliphatic rings. The van der Waals surface area contributed by atoms with Crippen LogP contribution in [-0.2, 0) is 6.42 Å². The Balaban J connectivity index is 1.67. The quantitative estimate of drug-likeness (QED) is 0.391. The molecular weight excluding hydrogens is 268 g/mol. The zero-order chi connectivity index (χ0) is 15.6. The van der Waals surface area contributed by atoms with Crippen molar-refractivity contribution in [3.63, 3.8) is 0 Å². The molecule has 0 amide bonds. The van der Waals surface area contributed by atoms with Gasteiger partial charge in [-0.25, -0.2) is 0 Å². The fourth-order valence-electron chi connectivity index (χ4n) is 3.60. The van der Waals surface area contributed by atoms with E-state index in [4.69, 9.17) is 4.74 Å². The Morgan fingerprint density at radius 2 is 1.68 bits per heavy atom. The van der Waals surface area contributed by atoms with Crippen LogP contribution in [0.3, 0.4) is 0 Å². The number of benzene rings is 1. The Kier molecular flexibility index (Phi) is 7.56. The SMILES string of the molecule is C=CCCOc1ccc(CCC2CCC(CCC)CC2)cc1. The Bertz CT molecular complexity index is 412. The van der Waals surface area contributed by atoms with Crippen molar-refractivity contribution < 1.29 is 4.74 Å². The Hall–Kier alpha value is -1.24. The van der Waals surface area contributed by atoms with Gasteiger partial charge >= 0.3 is 0 Å². The summed E-state index contributed by atoms with van der Waals surface area (Å²) >= 11 is 0. The van der Waals surface area contributed by atoms with Crippen LogP contribution in [0, 0.1) is 11.8 Å². The predicted molar refractivity (Wildman–Crippen MR) is 95.4 cm³/mol. The maximum atomic E-state index is 5.66. The van der Waals surface area contributed by atoms with Gasteiger partial charge in [-0.1, -0.05) is 63.7 Å². The van der Waals surface area contributed by atoms with Gasteiger partial charge in [-0.3, -0.25) is 0 Å². The zero-order valence-corrected chi connectivity index (χ0v) is 14.2. The van der Waals surface area contributed by atoms with Gasteiger partial charge in [0.15, 0.2) is 0 Å². The molecule has 0 atom stereocenters. The monoisotopic (exact) mass is 300 g/mol. The highest BCUT2D eigenvalue weighted by atomic mass is 16.5. The first-order chi connectivity index (χ1) is 10.8. The number of hydrogen-bond donors (Lipinski definition) is 0. The summed E-state index contributed by atoms with van der Waals surface area (Å²) < 4.78 is 5.66. The molecule has 0 bridgehead atoms. The first-order valence-electron chi connectivity index (χ1n) is 9.14. The van der Waals surface area contributed by atoms with Gasteiger partial charge < -0.3 is 4.74 Å². The molecule has 122 valence electrons. The Morgan fingerprint density at radius 1 is 1.05 bits per heavy atom. The van der Waals surface area contributed by atoms with Crippen molar-refractivity contribution in [1.82, 2.24) is 0 Å². The Morgan fingerprint density at radius 3 is 2.27 bits per heavy atom. The van der Waals surface area contributed by atoms with Crippen LogP contribution in [0.15, 0.2) is 36.9 Å². The summed E-state index contributed by atoms with van der Waals surface area (Å²) in [6.45, 7) is 6.75. The molecule has 0 aliphatic heterocycles. The van der Waals surface area contributed by atoms with Crippen molar-refractivity contribution in [3.8, 4) is 5.75 Å². The molecule has 0 N–H and O–H groups in total. The second-order valence-electron chi connectivity index (χ2n) is 6.78. The third-order valence-electron chi connectivity index (χ3n) is 5.02. The van der Waals surface area contributed by atoms with Crippen molar-refractivity contribution in [2.45, 2.75) is 64.7 Å². The molecule has 1 fully saturated rings. The summed E-state index contributed by atoms with van der Waals surface area (Å²) in [4.78, 5) is 0. The molecule has 1 heteroatoms. The van der Waals surface area contributed by atoms with E-state index in [2.05, 4.69) is 37.8 Å². The number of hydrogen-bond acceptors (Lipinski definition) is 1. The molecule has 1 aromatic carbocycles. The van der Waals surface area contributed by atoms with E-state index in [0.717, 1.165) is 30.6 Å². The molecule has 0 saturated heterocycles. The van der Waals surface area contributed by atoms with Crippen molar-refractivity contribution in [2.24, 2.45) is 11.8 Å². The van der Waals surface area contributed by atoms with E-state index in [9.17, 15) is 0 Å². The molecule has 22 heavy (non-hydrogen) atoms. The lowest BCUT2D eigenvalue weighted by Gasteiger charge is -2.28. The third kappa shape index (κ3) is 5.87. The van der Waals surface area contributed by atoms with Crippen molar-refractivity contribution >= 4 is 0 Å². The fraction of sp³-hybridized carbons (Fsp3) is 0.619. The maximum absolute atomic E-state index is 5.66. The molecule has 1 saturated carbocycles. The molecular formula is C21H32O. The Labute approximate surface area is 136 Å². The largest absolute Gasteiger partial charge is 0.493 e. The first-order valence-corrected chi connectivity index (χ1v) is 9.14. The average molecular weight is 300 g/mol. The van der Waals surface area contributed by atoms with Gasteiger partial charge in [0.1, 0.15) is 5.75 Å². The number of aryl methyl sites for hydroxylation is 1. The van der Waals surface area contributed by atoms with Gasteiger partial charge in [0.25, 0.3) is 0 Å². The van der Waals surface area contributed by atoms with Crippen LogP contribution in [0.1, 0.15) is 63.9 Å². The predicted octanol–water partition coefficient (Wildman–Crippen LogP) is 6.18. The smallest absolute Gasteiger partial charge is 0.119 e. The molecule has 0 aromatic heterocycles. The van der Waals surface area contributed by atoms with Crippen LogP contribution in [0.2, 0.25) is 0 Å². The summed E-state index contributed by atoms with van der Waals surface area (Å²) in [7, 11) is 0. The highest BCUT2D eigenvalue weighted by Crippen LogP contribution is 2.33. The van der Waals surface area contributed by atoms with Crippen LogP contribution >= 0.6 is 0 Å². The topological polar surface area (TPSA) is 9.23 Å². The lowest BCUT2D eigenvalue weighted by Crippen LogP contribution is -2.15. The molecule has 0 spiro atoms. The molecule has 0 radical (unpaired) electrons. The van der Waals surface area contributed by atoms with E-state index in [-0.39, 0.29) is 0 Å². The normalized spacial score (nSPS) is 21.5. The van der Waals surface area contributed by atoms with E-state index >= 15 is 0 Å². The molecule has 0 heterocycles. The third-order valence-corrected chi connectivity index (χ3v) is 5.02. The van der Waals surface area contributed by atoms with E-state index in [1.807, 2.05) is 6.08 Å². The summed E-state index contributed by atoms with van der Waals surface area (Å²) in [5.41, 5.74) is 1.45. The van der Waals surface area contributed by atoms with E-state index in [1.165, 1.54) is 56.9 Å². The highest BCUT2D eigenvalue weighted by molar-refractivity contribution is 5.27. The minimum atomic E-state index is 0.726. The second-order valence-corrected chi connectivity index (χ2v) is 6.78. The van der Waals surface area contributed by atoms with Gasteiger partial charge in [-0.2, -0.15) is 0 Å². The standard InChI is InChI=1S/C21H32O/c1-3-5-17-22-21-15-13-20(14-16-21)12-11-19-9-7-18(6-4-2)8-10-19/h3,13-16,18-19H,1,4-12,17H2,2H3. The molecule has 0 unspecified atom stereocenters. The maximum Gasteiger partial charge on any atom is 0.119 e. The fourth-order valence-corrected chi connectivity index (χ4v) is 3.60. The average Bonchev–Trinajstić information content (AvgIpc) is 2.56. The minimum absolute atomic E-state index is 0.726. The van der Waals surface area contributed by atoms with Crippen LogP contribution in [-0.4, -0.2) is 6.61 Å². The van der Waals surface area contributed by atoms with Crippen LogP contribution in [0.25, 0.3) is 0 Å². The summed E-state index contributed by atoms with van der Waals surface area (Å²) in [6.07, 6.45) is 14.0. The highest BCUT2D eigenvalue weighted by Gasteiger charge is 2.20. The summed E-state index contributed by atoms with van der Waals surface area (Å²) in [5.74, 6) is 2.95. The van der Waals surface area contributed by atoms with E-state index in [0.29, 0.717) is 0 Å². The van der Waals surface area contributed by atoms with Crippen LogP contribution in [0.4, 0.5) is 0 Å². The van der Waals surface area contributed by atoms with Gasteiger partial charge in [0.05, 0.1) is 6.61 Å². The zero-order valence-electron chi connectivity index (χ0n) is 14.2. The second kappa shape index (κ2) is 9.71. The molecule has 1 nitrogen and oxygen atoms in total. The van der Waals surface area contributed by atoms with Crippen LogP contribution < -0.4 is 4.74 Å². The van der Waals surface area contributed by atoms with Gasteiger partial charge in [0, 0.05) is 0 Å². The molecule has 2 rings (SSSR count). The minimum Gasteiger partial charge on any atom is -0.493 e. The molecule has 1 aliphatic carbocycles. The number of ether oxygens (including phenoxy) is 1. The van der Waals surface area contributed by atoms with Crippen molar-refractivity contribution in [2.75, 3.05) is 6.61 Å². The summed E-state index contributed by atoms with van der Waals surface area (Å²) in [5, 5.41) is 0. The first kappa shape index (κ1) is 17.1. The van der Waals surface area contributed by atoms with Crippen molar-refractivity contribution in [3.05, 3.63) is 42.5 Å². The lowest BCUT2D eigenvalue weighted by atomic mass is 9.78. The van der Waals surface area contributed by atoms with E-state index in [1.54, 1.807) is 0 Å². The molecule has 1 aromatic rings. The number of rotatable bonds is 9. The lowest BCUT2D eigenvalue weighted by molar-refractivity contribution is 0.252. The van der Waals surface area contributed by atoms with Crippen molar-refractivity contribution in [1.29, 1.82) is 0 Å². The summed E-state index contributed by atoms with van der Waals surface area (Å²) in [6, 6.07) is 8.67. The van der Waals surface area contributed by atoms with Gasteiger partial charge in [0.2, 0.25) is 0 Å².